The van der Waals surface area contributed by atoms with E-state index in [4.69, 9.17) is 0 Å². The monoisotopic (exact) mass is 265 g/mol. The number of aromatic nitrogens is 6. The topological polar surface area (TPSA) is 53.5 Å². The number of hydrogen-bond donors (Lipinski definition) is 0. The van der Waals surface area contributed by atoms with Crippen molar-refractivity contribution in [2.75, 3.05) is 0 Å². The van der Waals surface area contributed by atoms with Gasteiger partial charge in [0.25, 0.3) is 0 Å². The van der Waals surface area contributed by atoms with E-state index in [-0.39, 0.29) is 17.4 Å². The van der Waals surface area contributed by atoms with Crippen LogP contribution in [0.3, 0.4) is 0 Å². The maximum absolute atomic E-state index is 4.19. The Labute approximate surface area is 109 Å². The average molecular weight is 265 g/mol. The molecule has 3 rings (SSSR count). The fourth-order valence-electron chi connectivity index (χ4n) is 1.48. The molecule has 0 amide bonds. The van der Waals surface area contributed by atoms with Gasteiger partial charge in [0, 0.05) is 36.0 Å². The molecule has 0 bridgehead atoms. The first-order valence-electron chi connectivity index (χ1n) is 4.82. The van der Waals surface area contributed by atoms with Crippen LogP contribution in [0.5, 0.6) is 0 Å². The molecule has 0 aromatic carbocycles. The first kappa shape index (κ1) is 11.5. The van der Waals surface area contributed by atoms with Gasteiger partial charge in [0.15, 0.2) is 6.29 Å². The van der Waals surface area contributed by atoms with Crippen LogP contribution in [-0.2, 0) is 17.4 Å². The van der Waals surface area contributed by atoms with Gasteiger partial charge >= 0.3 is 0 Å². The molecule has 0 saturated heterocycles. The molecule has 0 aliphatic heterocycles. The molecular weight excluding hydrogens is 256 g/mol. The van der Waals surface area contributed by atoms with Crippen molar-refractivity contribution in [3.05, 3.63) is 61.7 Å². The standard InChI is InChI=1S/C10H9N6.Cr/c1-4-11-14(7-1)10(15-8-2-5-12-15)16-9-3-6-13-16;/h1-9H;/q-1;. The normalized spacial score (nSPS) is 9.88. The molecule has 0 aliphatic carbocycles. The third kappa shape index (κ3) is 2.11. The minimum absolute atomic E-state index is 0. The maximum Gasteiger partial charge on any atom is 0.160 e. The van der Waals surface area contributed by atoms with Crippen LogP contribution in [-0.4, -0.2) is 29.3 Å². The van der Waals surface area contributed by atoms with Crippen LogP contribution in [0.15, 0.2) is 55.4 Å². The fourth-order valence-corrected chi connectivity index (χ4v) is 1.48. The molecule has 0 saturated carbocycles. The second kappa shape index (κ2) is 4.91. The molecule has 0 radical (unpaired) electrons. The van der Waals surface area contributed by atoms with Crippen LogP contribution in [0.2, 0.25) is 0 Å². The van der Waals surface area contributed by atoms with Gasteiger partial charge in [0.1, 0.15) is 0 Å². The van der Waals surface area contributed by atoms with Crippen molar-refractivity contribution >= 4 is 0 Å². The van der Waals surface area contributed by atoms with Gasteiger partial charge in [-0.05, 0) is 18.6 Å². The zero-order valence-corrected chi connectivity index (χ0v) is 10.1. The molecule has 0 fully saturated rings. The molecule has 0 N–H and O–H groups in total. The predicted octanol–water partition coefficient (Wildman–Crippen LogP) is 0.665. The van der Waals surface area contributed by atoms with E-state index in [1.165, 1.54) is 0 Å². The molecule has 86 valence electrons. The van der Waals surface area contributed by atoms with E-state index in [1.54, 1.807) is 32.6 Å². The van der Waals surface area contributed by atoms with Gasteiger partial charge in [-0.2, -0.15) is 15.3 Å². The van der Waals surface area contributed by atoms with E-state index in [0.29, 0.717) is 0 Å². The summed E-state index contributed by atoms with van der Waals surface area (Å²) >= 11 is 0. The molecule has 7 heteroatoms. The Morgan fingerprint density at radius 2 is 1.00 bits per heavy atom. The van der Waals surface area contributed by atoms with E-state index < -0.39 is 0 Å². The molecule has 0 spiro atoms. The van der Waals surface area contributed by atoms with Crippen molar-refractivity contribution in [1.29, 1.82) is 0 Å². The van der Waals surface area contributed by atoms with Crippen molar-refractivity contribution in [3.63, 3.8) is 0 Å². The molecule has 3 aromatic rings. The second-order valence-electron chi connectivity index (χ2n) is 3.15. The summed E-state index contributed by atoms with van der Waals surface area (Å²) in [6.45, 7) is 0. The van der Waals surface area contributed by atoms with E-state index >= 15 is 0 Å². The van der Waals surface area contributed by atoms with Crippen molar-refractivity contribution < 1.29 is 17.4 Å². The summed E-state index contributed by atoms with van der Waals surface area (Å²) in [5, 5.41) is 12.6. The smallest absolute Gasteiger partial charge is 0.160 e. The Bertz CT molecular complexity index is 446. The van der Waals surface area contributed by atoms with Crippen LogP contribution < -0.4 is 0 Å². The van der Waals surface area contributed by atoms with Gasteiger partial charge in [-0.3, -0.25) is 14.0 Å². The predicted molar refractivity (Wildman–Crippen MR) is 56.1 cm³/mol. The first-order chi connectivity index (χ1) is 7.95. The molecule has 3 heterocycles. The number of rotatable bonds is 3. The summed E-state index contributed by atoms with van der Waals surface area (Å²) in [7, 11) is 0. The summed E-state index contributed by atoms with van der Waals surface area (Å²) in [5.41, 5.74) is 0. The van der Waals surface area contributed by atoms with E-state index in [1.807, 2.05) is 36.8 Å². The van der Waals surface area contributed by atoms with Crippen LogP contribution in [0, 0.1) is 6.29 Å². The Kier molecular flexibility index (Phi) is 3.33. The summed E-state index contributed by atoms with van der Waals surface area (Å²) in [6, 6.07) is 5.56. The fraction of sp³-hybridized carbons (Fsp3) is 0. The van der Waals surface area contributed by atoms with E-state index in [2.05, 4.69) is 15.3 Å². The Balaban J connectivity index is 0.00000108. The molecule has 6 nitrogen and oxygen atoms in total. The Morgan fingerprint density at radius 1 is 0.647 bits per heavy atom. The van der Waals surface area contributed by atoms with Crippen LogP contribution in [0.4, 0.5) is 0 Å². The average Bonchev–Trinajstić information content (AvgIpc) is 3.02. The zero-order chi connectivity index (χ0) is 10.8. The summed E-state index contributed by atoms with van der Waals surface area (Å²) in [5.74, 6) is 0. The van der Waals surface area contributed by atoms with Crippen molar-refractivity contribution in [3.8, 4) is 0 Å². The minimum Gasteiger partial charge on any atom is -0.287 e. The Hall–Kier alpha value is -1.97. The van der Waals surface area contributed by atoms with Gasteiger partial charge in [-0.25, -0.2) is 0 Å². The van der Waals surface area contributed by atoms with Crippen LogP contribution >= 0.6 is 0 Å². The van der Waals surface area contributed by atoms with Crippen LogP contribution in [0.1, 0.15) is 0 Å². The third-order valence-corrected chi connectivity index (χ3v) is 2.13. The molecule has 17 heavy (non-hydrogen) atoms. The van der Waals surface area contributed by atoms with Crippen molar-refractivity contribution in [2.24, 2.45) is 0 Å². The second-order valence-corrected chi connectivity index (χ2v) is 3.15. The van der Waals surface area contributed by atoms with E-state index in [0.717, 1.165) is 6.29 Å². The van der Waals surface area contributed by atoms with Gasteiger partial charge in [-0.1, -0.05) is 18.2 Å². The van der Waals surface area contributed by atoms with Gasteiger partial charge in [0.2, 0.25) is 0 Å². The number of nitrogens with zero attached hydrogens (tertiary/aromatic N) is 6. The minimum atomic E-state index is 0. The van der Waals surface area contributed by atoms with Gasteiger partial charge in [-0.15, -0.1) is 0 Å². The molecule has 0 unspecified atom stereocenters. The third-order valence-electron chi connectivity index (χ3n) is 2.13. The molecule has 3 aromatic heterocycles. The van der Waals surface area contributed by atoms with E-state index in [9.17, 15) is 0 Å². The van der Waals surface area contributed by atoms with Crippen molar-refractivity contribution in [1.82, 2.24) is 29.3 Å². The first-order valence-corrected chi connectivity index (χ1v) is 4.82. The summed E-state index contributed by atoms with van der Waals surface area (Å²) in [6.07, 6.45) is 11.4. The van der Waals surface area contributed by atoms with Gasteiger partial charge < -0.3 is 0 Å². The Morgan fingerprint density at radius 3 is 1.24 bits per heavy atom. The van der Waals surface area contributed by atoms with Crippen molar-refractivity contribution in [2.45, 2.75) is 0 Å². The van der Waals surface area contributed by atoms with Crippen LogP contribution in [0.25, 0.3) is 0 Å². The SMILES string of the molecule is [Cr].c1cnn([C-](n2cccn2)n2cccn2)c1. The molecular formula is C10H9CrN6-. The largest absolute Gasteiger partial charge is 0.287 e. The summed E-state index contributed by atoms with van der Waals surface area (Å²) < 4.78 is 5.12. The molecule has 0 atom stereocenters. The zero-order valence-electron chi connectivity index (χ0n) is 8.79. The summed E-state index contributed by atoms with van der Waals surface area (Å²) in [4.78, 5) is 0. The quantitative estimate of drug-likeness (QED) is 0.654. The molecule has 0 aliphatic rings. The van der Waals surface area contributed by atoms with Gasteiger partial charge in [0.05, 0.1) is 0 Å². The number of hydrogen-bond acceptors (Lipinski definition) is 3. The maximum atomic E-state index is 4.19.